The number of likely N-dealkylation sites (N-methyl/N-ethyl adjacent to an activating group) is 1. The van der Waals surface area contributed by atoms with Gasteiger partial charge in [-0.05, 0) is 51.1 Å². The largest absolute Gasteiger partial charge is 0.494 e. The molecule has 2 aromatic carbocycles. The second-order valence-electron chi connectivity index (χ2n) is 7.09. The van der Waals surface area contributed by atoms with Gasteiger partial charge in [0.15, 0.2) is 0 Å². The summed E-state index contributed by atoms with van der Waals surface area (Å²) in [4.78, 5) is 37.0. The highest BCUT2D eigenvalue weighted by Crippen LogP contribution is 2.29. The molecule has 0 aliphatic heterocycles. The Morgan fingerprint density at radius 3 is 2.47 bits per heavy atom. The first kappa shape index (κ1) is 22.8. The van der Waals surface area contributed by atoms with E-state index in [1.807, 2.05) is 32.0 Å². The van der Waals surface area contributed by atoms with Crippen LogP contribution in [0.2, 0.25) is 0 Å². The van der Waals surface area contributed by atoms with Gasteiger partial charge >= 0.3 is 0 Å². The maximum absolute atomic E-state index is 12.6. The van der Waals surface area contributed by atoms with Crippen LogP contribution in [0.5, 0.6) is 5.75 Å². The molecule has 0 unspecified atom stereocenters. The van der Waals surface area contributed by atoms with E-state index in [4.69, 9.17) is 4.74 Å². The predicted molar refractivity (Wildman–Crippen MR) is 115 cm³/mol. The molecule has 0 spiro atoms. The molecule has 160 valence electrons. The molecule has 0 aliphatic rings. The van der Waals surface area contributed by atoms with E-state index in [-0.39, 0.29) is 29.8 Å². The van der Waals surface area contributed by atoms with Crippen molar-refractivity contribution in [3.8, 4) is 5.75 Å². The van der Waals surface area contributed by atoms with Gasteiger partial charge in [-0.3, -0.25) is 24.6 Å². The van der Waals surface area contributed by atoms with Gasteiger partial charge in [0.2, 0.25) is 11.8 Å². The average molecular weight is 414 g/mol. The summed E-state index contributed by atoms with van der Waals surface area (Å²) in [5.74, 6) is -0.428. The van der Waals surface area contributed by atoms with E-state index in [1.165, 1.54) is 25.3 Å². The van der Waals surface area contributed by atoms with E-state index in [0.717, 1.165) is 16.8 Å². The van der Waals surface area contributed by atoms with E-state index in [0.29, 0.717) is 5.69 Å². The number of ether oxygens (including phenoxy) is 1. The summed E-state index contributed by atoms with van der Waals surface area (Å²) >= 11 is 0. The lowest BCUT2D eigenvalue weighted by Gasteiger charge is -2.24. The molecule has 0 heterocycles. The fourth-order valence-corrected chi connectivity index (χ4v) is 2.76. The number of carbonyl (C=O) groups is 2. The van der Waals surface area contributed by atoms with Gasteiger partial charge in [-0.15, -0.1) is 0 Å². The van der Waals surface area contributed by atoms with Crippen LogP contribution < -0.4 is 15.4 Å². The van der Waals surface area contributed by atoms with Crippen LogP contribution in [0, 0.1) is 24.0 Å². The number of benzene rings is 2. The molecule has 0 fully saturated rings. The van der Waals surface area contributed by atoms with E-state index < -0.39 is 11.0 Å². The fraction of sp³-hybridized carbons (Fsp3) is 0.333. The van der Waals surface area contributed by atoms with Crippen LogP contribution in [0.15, 0.2) is 36.4 Å². The van der Waals surface area contributed by atoms with Crippen molar-refractivity contribution in [3.63, 3.8) is 0 Å². The number of rotatable bonds is 8. The van der Waals surface area contributed by atoms with Crippen molar-refractivity contribution in [2.75, 3.05) is 31.3 Å². The Balaban J connectivity index is 2.01. The second-order valence-corrected chi connectivity index (χ2v) is 7.09. The van der Waals surface area contributed by atoms with Crippen LogP contribution in [0.1, 0.15) is 18.1 Å². The summed E-state index contributed by atoms with van der Waals surface area (Å²) in [6, 6.07) is 9.09. The zero-order valence-electron chi connectivity index (χ0n) is 17.7. The highest BCUT2D eigenvalue weighted by molar-refractivity contribution is 5.97. The molecule has 0 aromatic heterocycles. The topological polar surface area (TPSA) is 114 Å². The van der Waals surface area contributed by atoms with Crippen LogP contribution in [-0.2, 0) is 9.59 Å². The molecular weight excluding hydrogens is 388 g/mol. The van der Waals surface area contributed by atoms with Crippen molar-refractivity contribution >= 4 is 28.9 Å². The number of hydrogen-bond donors (Lipinski definition) is 2. The highest BCUT2D eigenvalue weighted by atomic mass is 16.6. The summed E-state index contributed by atoms with van der Waals surface area (Å²) in [7, 11) is 3.03. The van der Waals surface area contributed by atoms with Gasteiger partial charge in [0.1, 0.15) is 5.75 Å². The number of aryl methyl sites for hydroxylation is 2. The number of nitro benzene ring substituents is 1. The smallest absolute Gasteiger partial charge is 0.273 e. The first-order valence-electron chi connectivity index (χ1n) is 9.33. The molecule has 9 heteroatoms. The van der Waals surface area contributed by atoms with Gasteiger partial charge in [-0.25, -0.2) is 0 Å². The van der Waals surface area contributed by atoms with Crippen molar-refractivity contribution in [1.29, 1.82) is 0 Å². The third kappa shape index (κ3) is 5.77. The van der Waals surface area contributed by atoms with Crippen LogP contribution >= 0.6 is 0 Å². The number of nitrogens with zero attached hydrogens (tertiary/aromatic N) is 2. The first-order chi connectivity index (χ1) is 14.1. The maximum Gasteiger partial charge on any atom is 0.273 e. The Morgan fingerprint density at radius 2 is 1.83 bits per heavy atom. The quantitative estimate of drug-likeness (QED) is 0.507. The molecule has 9 nitrogen and oxygen atoms in total. The second kappa shape index (κ2) is 9.84. The Kier molecular flexibility index (Phi) is 7.48. The van der Waals surface area contributed by atoms with E-state index in [1.54, 1.807) is 18.9 Å². The summed E-state index contributed by atoms with van der Waals surface area (Å²) < 4.78 is 5.13. The lowest BCUT2D eigenvalue weighted by atomic mass is 10.1. The van der Waals surface area contributed by atoms with Gasteiger partial charge in [0.05, 0.1) is 36.4 Å². The van der Waals surface area contributed by atoms with Crippen molar-refractivity contribution in [2.45, 2.75) is 26.8 Å². The van der Waals surface area contributed by atoms with Gasteiger partial charge in [0.25, 0.3) is 5.69 Å². The summed E-state index contributed by atoms with van der Waals surface area (Å²) in [5, 5.41) is 16.4. The van der Waals surface area contributed by atoms with Crippen molar-refractivity contribution in [2.24, 2.45) is 0 Å². The zero-order chi connectivity index (χ0) is 22.4. The summed E-state index contributed by atoms with van der Waals surface area (Å²) in [6.45, 7) is 5.53. The van der Waals surface area contributed by atoms with Crippen molar-refractivity contribution in [1.82, 2.24) is 4.90 Å². The van der Waals surface area contributed by atoms with Crippen molar-refractivity contribution < 1.29 is 19.2 Å². The van der Waals surface area contributed by atoms with Crippen LogP contribution in [-0.4, -0.2) is 48.4 Å². The number of amides is 2. The minimum Gasteiger partial charge on any atom is -0.494 e. The Hall–Kier alpha value is -3.46. The molecule has 0 bridgehead atoms. The normalized spacial score (nSPS) is 11.7. The molecule has 2 rings (SSSR count). The van der Waals surface area contributed by atoms with Gasteiger partial charge in [-0.2, -0.15) is 0 Å². The highest BCUT2D eigenvalue weighted by Gasteiger charge is 2.22. The minimum atomic E-state index is -0.630. The summed E-state index contributed by atoms with van der Waals surface area (Å²) in [5.41, 5.74) is 2.90. The molecular formula is C21H26N4O5. The molecule has 2 N–H and O–H groups in total. The predicted octanol–water partition coefficient (Wildman–Crippen LogP) is 3.12. The average Bonchev–Trinajstić information content (AvgIpc) is 2.69. The Labute approximate surface area is 175 Å². The van der Waals surface area contributed by atoms with E-state index in [2.05, 4.69) is 10.6 Å². The molecule has 2 amide bonds. The lowest BCUT2D eigenvalue weighted by Crippen LogP contribution is -2.43. The number of nitro groups is 1. The fourth-order valence-electron chi connectivity index (χ4n) is 2.76. The van der Waals surface area contributed by atoms with E-state index >= 15 is 0 Å². The number of hydrogen-bond acceptors (Lipinski definition) is 6. The lowest BCUT2D eigenvalue weighted by molar-refractivity contribution is -0.384. The Morgan fingerprint density at radius 1 is 1.13 bits per heavy atom. The zero-order valence-corrected chi connectivity index (χ0v) is 17.7. The molecule has 0 saturated carbocycles. The maximum atomic E-state index is 12.6. The standard InChI is InChI=1S/C21H26N4O5/c1-13-6-7-14(2)18(10-13)22-20(26)12-24(4)15(3)21(27)23-17-9-8-16(25(28)29)11-19(17)30-5/h6-11,15H,12H2,1-5H3,(H,22,26)(H,23,27)/t15-/m0/s1. The SMILES string of the molecule is COc1cc([N+](=O)[O-])ccc1NC(=O)[C@H](C)N(C)CC(=O)Nc1cc(C)ccc1C. The number of carbonyl (C=O) groups excluding carboxylic acids is 2. The molecule has 1 atom stereocenters. The Bertz CT molecular complexity index is 960. The van der Waals surface area contributed by atoms with Crippen LogP contribution in [0.4, 0.5) is 17.1 Å². The number of anilines is 2. The monoisotopic (exact) mass is 414 g/mol. The van der Waals surface area contributed by atoms with Gasteiger partial charge in [-0.1, -0.05) is 12.1 Å². The molecule has 0 saturated heterocycles. The minimum absolute atomic E-state index is 0.0133. The molecule has 0 radical (unpaired) electrons. The van der Waals surface area contributed by atoms with Crippen molar-refractivity contribution in [3.05, 3.63) is 57.6 Å². The third-order valence-corrected chi connectivity index (χ3v) is 4.75. The summed E-state index contributed by atoms with van der Waals surface area (Å²) in [6.07, 6.45) is 0. The van der Waals surface area contributed by atoms with Gasteiger partial charge in [0, 0.05) is 11.8 Å². The molecule has 30 heavy (non-hydrogen) atoms. The molecule has 0 aliphatic carbocycles. The van der Waals surface area contributed by atoms with E-state index in [9.17, 15) is 19.7 Å². The number of nitrogens with one attached hydrogen (secondary N) is 2. The molecule has 2 aromatic rings. The first-order valence-corrected chi connectivity index (χ1v) is 9.33. The third-order valence-electron chi connectivity index (χ3n) is 4.75. The van der Waals surface area contributed by atoms with Gasteiger partial charge < -0.3 is 15.4 Å². The van der Waals surface area contributed by atoms with Crippen LogP contribution in [0.3, 0.4) is 0 Å². The van der Waals surface area contributed by atoms with Crippen LogP contribution in [0.25, 0.3) is 0 Å². The number of non-ortho nitro benzene ring substituents is 1. The number of methoxy groups -OCH3 is 1.